The molecule has 1 heterocycles. The second-order valence-corrected chi connectivity index (χ2v) is 4.42. The van der Waals surface area contributed by atoms with E-state index in [1.54, 1.807) is 0 Å². The number of aromatic hydroxyl groups is 1. The average molecular weight is 292 g/mol. The van der Waals surface area contributed by atoms with Gasteiger partial charge in [0, 0.05) is 17.0 Å². The number of nitrogens with zero attached hydrogens (tertiary/aromatic N) is 1. The van der Waals surface area contributed by atoms with Gasteiger partial charge in [0.2, 0.25) is 5.88 Å². The summed E-state index contributed by atoms with van der Waals surface area (Å²) in [4.78, 5) is 10.3. The number of hydrogen-bond acceptors (Lipinski definition) is 3. The fourth-order valence-electron chi connectivity index (χ4n) is 1.47. The van der Waals surface area contributed by atoms with Crippen molar-refractivity contribution in [2.45, 2.75) is 32.1 Å². The van der Waals surface area contributed by atoms with Crippen LogP contribution in [0.1, 0.15) is 31.4 Å². The first-order chi connectivity index (χ1) is 7.52. The molecule has 1 rings (SSSR count). The van der Waals surface area contributed by atoms with E-state index in [2.05, 4.69) is 15.9 Å². The van der Waals surface area contributed by atoms with Gasteiger partial charge in [-0.2, -0.15) is 4.73 Å². The highest BCUT2D eigenvalue weighted by molar-refractivity contribution is 9.10. The molecule has 0 bridgehead atoms. The first kappa shape index (κ1) is 12.9. The van der Waals surface area contributed by atoms with Gasteiger partial charge in [-0.05, 0) is 35.2 Å². The summed E-state index contributed by atoms with van der Waals surface area (Å²) in [6.45, 7) is 0. The molecule has 1 aromatic rings. The van der Waals surface area contributed by atoms with E-state index in [1.807, 2.05) is 0 Å². The van der Waals surface area contributed by atoms with Crippen molar-refractivity contribution in [1.82, 2.24) is 4.73 Å². The van der Waals surface area contributed by atoms with Crippen LogP contribution in [0.3, 0.4) is 0 Å². The zero-order valence-corrected chi connectivity index (χ0v) is 10.3. The molecule has 0 spiro atoms. The van der Waals surface area contributed by atoms with Gasteiger partial charge in [0.1, 0.15) is 0 Å². The van der Waals surface area contributed by atoms with Crippen LogP contribution in [0, 0.1) is 0 Å². The van der Waals surface area contributed by atoms with E-state index in [0.29, 0.717) is 23.0 Å². The molecule has 0 saturated carbocycles. The molecule has 0 aromatic carbocycles. The second kappa shape index (κ2) is 5.79. The maximum Gasteiger partial charge on any atom is 0.303 e. The Bertz CT molecular complexity index is 375. The SMILES string of the molecule is O=C(O)CCCCCc1c(Br)cc(O)n1O. The number of carbonyl (C=O) groups is 1. The number of hydrogen-bond donors (Lipinski definition) is 3. The van der Waals surface area contributed by atoms with Crippen LogP contribution in [-0.2, 0) is 11.2 Å². The smallest absolute Gasteiger partial charge is 0.303 e. The third-order valence-electron chi connectivity index (χ3n) is 2.31. The van der Waals surface area contributed by atoms with Crippen LogP contribution in [0.2, 0.25) is 0 Å². The number of aliphatic carboxylic acids is 1. The van der Waals surface area contributed by atoms with Gasteiger partial charge in [-0.3, -0.25) is 4.79 Å². The Morgan fingerprint density at radius 2 is 2.06 bits per heavy atom. The Kier molecular flexibility index (Phi) is 4.67. The topological polar surface area (TPSA) is 82.7 Å². The van der Waals surface area contributed by atoms with Crippen molar-refractivity contribution in [3.8, 4) is 5.88 Å². The maximum absolute atomic E-state index is 10.3. The van der Waals surface area contributed by atoms with Crippen molar-refractivity contribution in [1.29, 1.82) is 0 Å². The van der Waals surface area contributed by atoms with Gasteiger partial charge < -0.3 is 15.4 Å². The van der Waals surface area contributed by atoms with Crippen LogP contribution in [0.15, 0.2) is 10.5 Å². The molecule has 5 nitrogen and oxygen atoms in total. The molecule has 16 heavy (non-hydrogen) atoms. The molecular weight excluding hydrogens is 278 g/mol. The summed E-state index contributed by atoms with van der Waals surface area (Å²) in [7, 11) is 0. The zero-order chi connectivity index (χ0) is 12.1. The minimum atomic E-state index is -0.788. The van der Waals surface area contributed by atoms with E-state index in [-0.39, 0.29) is 12.3 Å². The van der Waals surface area contributed by atoms with Crippen molar-refractivity contribution < 1.29 is 20.2 Å². The normalized spacial score (nSPS) is 10.6. The predicted molar refractivity (Wildman–Crippen MR) is 60.8 cm³/mol. The standard InChI is InChI=1S/C10H14BrNO4/c11-7-6-9(13)12(16)8(7)4-2-1-3-5-10(14)15/h6,13,16H,1-5H2,(H,14,15). The minimum absolute atomic E-state index is 0.173. The van der Waals surface area contributed by atoms with Crippen molar-refractivity contribution in [3.63, 3.8) is 0 Å². The third kappa shape index (κ3) is 3.44. The van der Waals surface area contributed by atoms with Gasteiger partial charge in [0.25, 0.3) is 0 Å². The first-order valence-corrected chi connectivity index (χ1v) is 5.81. The van der Waals surface area contributed by atoms with Crippen LogP contribution in [0.25, 0.3) is 0 Å². The summed E-state index contributed by atoms with van der Waals surface area (Å²) in [5, 5.41) is 27.0. The van der Waals surface area contributed by atoms with Crippen molar-refractivity contribution >= 4 is 21.9 Å². The first-order valence-electron chi connectivity index (χ1n) is 5.02. The third-order valence-corrected chi connectivity index (χ3v) is 3.00. The summed E-state index contributed by atoms with van der Waals surface area (Å²) in [5.74, 6) is -0.989. The second-order valence-electron chi connectivity index (χ2n) is 3.56. The minimum Gasteiger partial charge on any atom is -0.492 e. The van der Waals surface area contributed by atoms with Gasteiger partial charge in [-0.25, -0.2) is 0 Å². The highest BCUT2D eigenvalue weighted by atomic mass is 79.9. The van der Waals surface area contributed by atoms with Crippen LogP contribution in [0.4, 0.5) is 0 Å². The van der Waals surface area contributed by atoms with E-state index >= 15 is 0 Å². The van der Waals surface area contributed by atoms with Crippen molar-refractivity contribution in [2.75, 3.05) is 0 Å². The fourth-order valence-corrected chi connectivity index (χ4v) is 2.04. The summed E-state index contributed by atoms with van der Waals surface area (Å²) < 4.78 is 1.40. The summed E-state index contributed by atoms with van der Waals surface area (Å²) in [6.07, 6.45) is 2.95. The molecule has 0 saturated heterocycles. The molecule has 6 heteroatoms. The molecule has 0 unspecified atom stereocenters. The molecule has 1 aromatic heterocycles. The Hall–Kier alpha value is -1.17. The Morgan fingerprint density at radius 1 is 1.38 bits per heavy atom. The highest BCUT2D eigenvalue weighted by Crippen LogP contribution is 2.26. The quantitative estimate of drug-likeness (QED) is 0.555. The van der Waals surface area contributed by atoms with Crippen LogP contribution < -0.4 is 0 Å². The van der Waals surface area contributed by atoms with Crippen LogP contribution in [-0.4, -0.2) is 26.1 Å². The lowest BCUT2D eigenvalue weighted by molar-refractivity contribution is -0.137. The molecular formula is C10H14BrNO4. The van der Waals surface area contributed by atoms with Crippen LogP contribution in [0.5, 0.6) is 5.88 Å². The molecule has 0 radical (unpaired) electrons. The lowest BCUT2D eigenvalue weighted by Gasteiger charge is -2.03. The van der Waals surface area contributed by atoms with Gasteiger partial charge >= 0.3 is 5.97 Å². The molecule has 0 fully saturated rings. The number of rotatable bonds is 6. The number of halogens is 1. The number of aromatic nitrogens is 1. The number of unbranched alkanes of at least 4 members (excludes halogenated alkanes) is 2. The van der Waals surface area contributed by atoms with E-state index in [1.165, 1.54) is 6.07 Å². The van der Waals surface area contributed by atoms with E-state index < -0.39 is 5.97 Å². The molecule has 0 aliphatic rings. The van der Waals surface area contributed by atoms with Crippen molar-refractivity contribution in [2.24, 2.45) is 0 Å². The lowest BCUT2D eigenvalue weighted by Crippen LogP contribution is -1.99. The van der Waals surface area contributed by atoms with Gasteiger partial charge in [0.05, 0.1) is 5.69 Å². The molecule has 3 N–H and O–H groups in total. The monoisotopic (exact) mass is 291 g/mol. The zero-order valence-electron chi connectivity index (χ0n) is 8.69. The largest absolute Gasteiger partial charge is 0.492 e. The van der Waals surface area contributed by atoms with Gasteiger partial charge in [0.15, 0.2) is 0 Å². The van der Waals surface area contributed by atoms with Crippen LogP contribution >= 0.6 is 15.9 Å². The molecule has 90 valence electrons. The summed E-state index contributed by atoms with van der Waals surface area (Å²) >= 11 is 3.23. The molecule has 0 amide bonds. The number of carboxylic acids is 1. The Labute approximate surface area is 101 Å². The molecule has 0 aliphatic carbocycles. The maximum atomic E-state index is 10.3. The van der Waals surface area contributed by atoms with Crippen molar-refractivity contribution in [3.05, 3.63) is 16.2 Å². The van der Waals surface area contributed by atoms with E-state index in [9.17, 15) is 15.1 Å². The van der Waals surface area contributed by atoms with Gasteiger partial charge in [-0.1, -0.05) is 6.42 Å². The molecule has 0 atom stereocenters. The van der Waals surface area contributed by atoms with Gasteiger partial charge in [-0.15, -0.1) is 0 Å². The lowest BCUT2D eigenvalue weighted by atomic mass is 10.1. The summed E-state index contributed by atoms with van der Waals surface area (Å²) in [5.41, 5.74) is 0.604. The number of carboxylic acid groups (broad SMARTS) is 1. The average Bonchev–Trinajstić information content (AvgIpc) is 2.43. The highest BCUT2D eigenvalue weighted by Gasteiger charge is 2.11. The summed E-state index contributed by atoms with van der Waals surface area (Å²) in [6, 6.07) is 1.42. The molecule has 0 aliphatic heterocycles. The van der Waals surface area contributed by atoms with E-state index in [0.717, 1.165) is 17.6 Å². The van der Waals surface area contributed by atoms with E-state index in [4.69, 9.17) is 5.11 Å². The Morgan fingerprint density at radius 3 is 2.56 bits per heavy atom. The fraction of sp³-hybridized carbons (Fsp3) is 0.500. The Balaban J connectivity index is 2.34. The predicted octanol–water partition coefficient (Wildman–Crippen LogP) is 2.38.